The standard InChI is InChI=1S/C10H18N2O4S/c1-16-10(13)9-4-2-3-7-12(9)17(14,15)11-8-5-6-8/h8-9,11H,2-7H2,1H3. The maximum absolute atomic E-state index is 12.1. The molecule has 1 heterocycles. The predicted octanol–water partition coefficient (Wildman–Crippen LogP) is 0.0107. The molecule has 1 atom stereocenters. The minimum atomic E-state index is -3.54. The van der Waals surface area contributed by atoms with Crippen molar-refractivity contribution in [3.8, 4) is 0 Å². The lowest BCUT2D eigenvalue weighted by Crippen LogP contribution is -2.52. The van der Waals surface area contributed by atoms with Crippen molar-refractivity contribution in [1.29, 1.82) is 0 Å². The average Bonchev–Trinajstić information content (AvgIpc) is 3.11. The number of nitrogens with one attached hydrogen (secondary N) is 1. The second kappa shape index (κ2) is 4.91. The summed E-state index contributed by atoms with van der Waals surface area (Å²) in [7, 11) is -2.25. The van der Waals surface area contributed by atoms with Crippen LogP contribution in [0.3, 0.4) is 0 Å². The first-order chi connectivity index (χ1) is 8.04. The first-order valence-electron chi connectivity index (χ1n) is 5.91. The number of rotatable bonds is 4. The third-order valence-corrected chi connectivity index (χ3v) is 4.81. The maximum Gasteiger partial charge on any atom is 0.324 e. The van der Waals surface area contributed by atoms with Crippen molar-refractivity contribution in [3.63, 3.8) is 0 Å². The quantitative estimate of drug-likeness (QED) is 0.724. The summed E-state index contributed by atoms with van der Waals surface area (Å²) in [4.78, 5) is 11.6. The van der Waals surface area contributed by atoms with Crippen molar-refractivity contribution >= 4 is 16.2 Å². The molecule has 0 bridgehead atoms. The molecule has 1 unspecified atom stereocenters. The zero-order chi connectivity index (χ0) is 12.5. The van der Waals surface area contributed by atoms with E-state index >= 15 is 0 Å². The number of carbonyl (C=O) groups excluding carboxylic acids is 1. The van der Waals surface area contributed by atoms with E-state index in [0.29, 0.717) is 13.0 Å². The molecule has 0 spiro atoms. The molecule has 17 heavy (non-hydrogen) atoms. The van der Waals surface area contributed by atoms with E-state index < -0.39 is 22.2 Å². The first kappa shape index (κ1) is 12.8. The van der Waals surface area contributed by atoms with Gasteiger partial charge in [-0.1, -0.05) is 0 Å². The van der Waals surface area contributed by atoms with Gasteiger partial charge in [-0.2, -0.15) is 17.4 Å². The third kappa shape index (κ3) is 2.97. The van der Waals surface area contributed by atoms with Crippen LogP contribution in [0.4, 0.5) is 0 Å². The van der Waals surface area contributed by atoms with Crippen LogP contribution in [-0.2, 0) is 19.7 Å². The van der Waals surface area contributed by atoms with Crippen LogP contribution >= 0.6 is 0 Å². The second-order valence-corrected chi connectivity index (χ2v) is 6.20. The molecule has 0 aromatic heterocycles. The number of methoxy groups -OCH3 is 1. The largest absolute Gasteiger partial charge is 0.468 e. The molecule has 0 radical (unpaired) electrons. The topological polar surface area (TPSA) is 75.7 Å². The van der Waals surface area contributed by atoms with Crippen molar-refractivity contribution in [2.24, 2.45) is 0 Å². The van der Waals surface area contributed by atoms with Gasteiger partial charge in [0, 0.05) is 12.6 Å². The fourth-order valence-corrected chi connectivity index (χ4v) is 3.73. The van der Waals surface area contributed by atoms with Crippen molar-refractivity contribution in [1.82, 2.24) is 9.03 Å². The highest BCUT2D eigenvalue weighted by molar-refractivity contribution is 7.87. The Morgan fingerprint density at radius 1 is 1.29 bits per heavy atom. The zero-order valence-electron chi connectivity index (χ0n) is 9.89. The van der Waals surface area contributed by atoms with Crippen LogP contribution < -0.4 is 4.72 Å². The highest BCUT2D eigenvalue weighted by Gasteiger charge is 2.39. The molecule has 1 saturated carbocycles. The Labute approximate surface area is 101 Å². The number of piperidine rings is 1. The van der Waals surface area contributed by atoms with E-state index in [1.165, 1.54) is 11.4 Å². The molecule has 0 amide bonds. The van der Waals surface area contributed by atoms with Gasteiger partial charge in [0.1, 0.15) is 6.04 Å². The lowest BCUT2D eigenvalue weighted by Gasteiger charge is -2.32. The Balaban J connectivity index is 2.11. The van der Waals surface area contributed by atoms with Crippen LogP contribution in [-0.4, -0.2) is 44.4 Å². The summed E-state index contributed by atoms with van der Waals surface area (Å²) in [5.74, 6) is -0.467. The fraction of sp³-hybridized carbons (Fsp3) is 0.900. The van der Waals surface area contributed by atoms with E-state index in [2.05, 4.69) is 9.46 Å². The smallest absolute Gasteiger partial charge is 0.324 e. The van der Waals surface area contributed by atoms with Crippen LogP contribution in [0.5, 0.6) is 0 Å². The third-order valence-electron chi connectivity index (χ3n) is 3.13. The van der Waals surface area contributed by atoms with Crippen molar-refractivity contribution < 1.29 is 17.9 Å². The molecule has 6 nitrogen and oxygen atoms in total. The zero-order valence-corrected chi connectivity index (χ0v) is 10.7. The van der Waals surface area contributed by atoms with Gasteiger partial charge in [-0.3, -0.25) is 4.79 Å². The highest BCUT2D eigenvalue weighted by Crippen LogP contribution is 2.25. The van der Waals surface area contributed by atoms with Crippen LogP contribution in [0.2, 0.25) is 0 Å². The molecule has 98 valence electrons. The molecule has 7 heteroatoms. The van der Waals surface area contributed by atoms with Gasteiger partial charge in [0.25, 0.3) is 10.2 Å². The van der Waals surface area contributed by atoms with Crippen molar-refractivity contribution in [2.75, 3.05) is 13.7 Å². The van der Waals surface area contributed by atoms with E-state index in [1.807, 2.05) is 0 Å². The molecule has 2 fully saturated rings. The summed E-state index contributed by atoms with van der Waals surface area (Å²) in [5.41, 5.74) is 0. The first-order valence-corrected chi connectivity index (χ1v) is 7.35. The molecule has 1 N–H and O–H groups in total. The number of carbonyl (C=O) groups is 1. The van der Waals surface area contributed by atoms with Gasteiger partial charge >= 0.3 is 5.97 Å². The molecular formula is C10H18N2O4S. The Bertz CT molecular complexity index is 391. The molecule has 2 rings (SSSR count). The maximum atomic E-state index is 12.1. The minimum absolute atomic E-state index is 0.0558. The predicted molar refractivity (Wildman–Crippen MR) is 61.4 cm³/mol. The molecule has 2 aliphatic rings. The molecule has 0 aromatic rings. The lowest BCUT2D eigenvalue weighted by molar-refractivity contribution is -0.146. The van der Waals surface area contributed by atoms with E-state index in [9.17, 15) is 13.2 Å². The second-order valence-electron chi connectivity index (χ2n) is 4.54. The Morgan fingerprint density at radius 3 is 2.59 bits per heavy atom. The Hall–Kier alpha value is -0.660. The molecule has 1 saturated heterocycles. The average molecular weight is 262 g/mol. The molecule has 1 aliphatic carbocycles. The Kier molecular flexibility index (Phi) is 3.70. The Morgan fingerprint density at radius 2 is 2.00 bits per heavy atom. The summed E-state index contributed by atoms with van der Waals surface area (Å²) in [6, 6.07) is -0.606. The molecule has 1 aliphatic heterocycles. The van der Waals surface area contributed by atoms with Crippen LogP contribution in [0, 0.1) is 0 Å². The summed E-state index contributed by atoms with van der Waals surface area (Å²) in [6.45, 7) is 0.391. The van der Waals surface area contributed by atoms with Crippen LogP contribution in [0.1, 0.15) is 32.1 Å². The van der Waals surface area contributed by atoms with Gasteiger partial charge in [0.15, 0.2) is 0 Å². The van der Waals surface area contributed by atoms with Gasteiger partial charge in [-0.05, 0) is 32.1 Å². The van der Waals surface area contributed by atoms with Gasteiger partial charge in [0.05, 0.1) is 7.11 Å². The van der Waals surface area contributed by atoms with Crippen molar-refractivity contribution in [2.45, 2.75) is 44.2 Å². The summed E-state index contributed by atoms with van der Waals surface area (Å²) in [5, 5.41) is 0. The van der Waals surface area contributed by atoms with Gasteiger partial charge < -0.3 is 4.74 Å². The van der Waals surface area contributed by atoms with E-state index in [-0.39, 0.29) is 6.04 Å². The normalized spacial score (nSPS) is 26.8. The number of hydrogen-bond acceptors (Lipinski definition) is 4. The summed E-state index contributed by atoms with van der Waals surface area (Å²) in [6.07, 6.45) is 3.96. The van der Waals surface area contributed by atoms with Crippen LogP contribution in [0.15, 0.2) is 0 Å². The SMILES string of the molecule is COC(=O)C1CCCCN1S(=O)(=O)NC1CC1. The van der Waals surface area contributed by atoms with E-state index in [4.69, 9.17) is 0 Å². The summed E-state index contributed by atoms with van der Waals surface area (Å²) >= 11 is 0. The van der Waals surface area contributed by atoms with Gasteiger partial charge in [-0.25, -0.2) is 0 Å². The lowest BCUT2D eigenvalue weighted by atomic mass is 10.1. The van der Waals surface area contributed by atoms with Gasteiger partial charge in [-0.15, -0.1) is 0 Å². The van der Waals surface area contributed by atoms with E-state index in [1.54, 1.807) is 0 Å². The minimum Gasteiger partial charge on any atom is -0.468 e. The molecule has 0 aromatic carbocycles. The number of esters is 1. The monoisotopic (exact) mass is 262 g/mol. The van der Waals surface area contributed by atoms with Crippen LogP contribution in [0.25, 0.3) is 0 Å². The number of hydrogen-bond donors (Lipinski definition) is 1. The number of ether oxygens (including phenoxy) is 1. The van der Waals surface area contributed by atoms with Gasteiger partial charge in [0.2, 0.25) is 0 Å². The molecular weight excluding hydrogens is 244 g/mol. The van der Waals surface area contributed by atoms with E-state index in [0.717, 1.165) is 25.7 Å². The fourth-order valence-electron chi connectivity index (χ4n) is 2.04. The number of nitrogens with zero attached hydrogens (tertiary/aromatic N) is 1. The van der Waals surface area contributed by atoms with Crippen molar-refractivity contribution in [3.05, 3.63) is 0 Å². The summed E-state index contributed by atoms with van der Waals surface area (Å²) < 4.78 is 32.7. The highest BCUT2D eigenvalue weighted by atomic mass is 32.2.